The molecule has 0 spiro atoms. The van der Waals surface area contributed by atoms with E-state index in [4.69, 9.17) is 11.2 Å². The third-order valence-electron chi connectivity index (χ3n) is 3.61. The molecule has 0 unspecified atom stereocenters. The lowest BCUT2D eigenvalue weighted by Gasteiger charge is -2.13. The number of carbonyl (C=O) groups excluding carboxylic acids is 2. The lowest BCUT2D eigenvalue weighted by atomic mass is 10.0. The van der Waals surface area contributed by atoms with E-state index in [2.05, 4.69) is 21.0 Å². The van der Waals surface area contributed by atoms with Crippen LogP contribution in [0.5, 0.6) is 0 Å². The molecule has 0 bridgehead atoms. The third kappa shape index (κ3) is 5.19. The van der Waals surface area contributed by atoms with Gasteiger partial charge < -0.3 is 14.8 Å². The molecule has 0 atom stereocenters. The molecular weight excluding hydrogens is 344 g/mol. The number of pyridine rings is 1. The first-order chi connectivity index (χ1) is 13.1. The summed E-state index contributed by atoms with van der Waals surface area (Å²) in [6.07, 6.45) is 8.42. The Kier molecular flexibility index (Phi) is 7.15. The van der Waals surface area contributed by atoms with Crippen LogP contribution in [0.4, 0.5) is 5.69 Å². The van der Waals surface area contributed by atoms with Gasteiger partial charge in [-0.15, -0.1) is 6.42 Å². The van der Waals surface area contributed by atoms with Crippen LogP contribution in [0, 0.1) is 12.3 Å². The van der Waals surface area contributed by atoms with Crippen molar-refractivity contribution < 1.29 is 19.1 Å². The van der Waals surface area contributed by atoms with Gasteiger partial charge >= 0.3 is 5.97 Å². The zero-order valence-corrected chi connectivity index (χ0v) is 15.2. The van der Waals surface area contributed by atoms with Crippen LogP contribution in [0.3, 0.4) is 0 Å². The first-order valence-electron chi connectivity index (χ1n) is 8.31. The van der Waals surface area contributed by atoms with E-state index in [-0.39, 0.29) is 23.7 Å². The van der Waals surface area contributed by atoms with Crippen LogP contribution in [0.15, 0.2) is 48.7 Å². The second-order valence-corrected chi connectivity index (χ2v) is 5.38. The fourth-order valence-electron chi connectivity index (χ4n) is 2.48. The minimum Gasteiger partial charge on any atom is -0.493 e. The fourth-order valence-corrected chi connectivity index (χ4v) is 2.48. The minimum absolute atomic E-state index is 0.0452. The minimum atomic E-state index is -0.623. The Balaban J connectivity index is 2.24. The molecule has 2 aromatic rings. The highest BCUT2D eigenvalue weighted by atomic mass is 16.5. The predicted molar refractivity (Wildman–Crippen MR) is 103 cm³/mol. The van der Waals surface area contributed by atoms with Gasteiger partial charge in [-0.1, -0.05) is 30.2 Å². The van der Waals surface area contributed by atoms with Crippen molar-refractivity contribution in [2.45, 2.75) is 13.3 Å². The molecule has 0 saturated heterocycles. The standard InChI is InChI=1S/C21H20N2O4/c1-4-9-18(27-5-2)16-11-7-6-10-15(16)14-19(24)23-17-12-8-13-22-20(17)21(25)26-3/h1,6-13H,5,14H2,2-3H3,(H,23,24)/b18-9+. The summed E-state index contributed by atoms with van der Waals surface area (Å²) in [7, 11) is 1.26. The highest BCUT2D eigenvalue weighted by Gasteiger charge is 2.17. The van der Waals surface area contributed by atoms with Crippen molar-refractivity contribution in [2.24, 2.45) is 0 Å². The Morgan fingerprint density at radius 2 is 2.04 bits per heavy atom. The Labute approximate surface area is 158 Å². The quantitative estimate of drug-likeness (QED) is 0.464. The number of nitrogens with one attached hydrogen (secondary N) is 1. The van der Waals surface area contributed by atoms with E-state index >= 15 is 0 Å². The van der Waals surface area contributed by atoms with Crippen molar-refractivity contribution in [3.8, 4) is 12.3 Å². The summed E-state index contributed by atoms with van der Waals surface area (Å²) in [5.41, 5.74) is 1.82. The van der Waals surface area contributed by atoms with Crippen molar-refractivity contribution in [2.75, 3.05) is 19.0 Å². The van der Waals surface area contributed by atoms with Crippen LogP contribution in [-0.2, 0) is 20.7 Å². The van der Waals surface area contributed by atoms with Crippen LogP contribution in [-0.4, -0.2) is 30.6 Å². The second-order valence-electron chi connectivity index (χ2n) is 5.38. The van der Waals surface area contributed by atoms with Crippen molar-refractivity contribution in [1.82, 2.24) is 4.98 Å². The molecule has 6 heteroatoms. The molecule has 138 valence electrons. The molecule has 0 radical (unpaired) electrons. The van der Waals surface area contributed by atoms with Gasteiger partial charge in [0.05, 0.1) is 25.8 Å². The molecule has 1 heterocycles. The number of methoxy groups -OCH3 is 1. The molecule has 0 fully saturated rings. The number of benzene rings is 1. The molecule has 1 amide bonds. The van der Waals surface area contributed by atoms with Crippen LogP contribution >= 0.6 is 0 Å². The Hall–Kier alpha value is -3.59. The zero-order valence-electron chi connectivity index (χ0n) is 15.2. The summed E-state index contributed by atoms with van der Waals surface area (Å²) < 4.78 is 10.3. The SMILES string of the molecule is C#C/C=C(/OCC)c1ccccc1CC(=O)Nc1cccnc1C(=O)OC. The summed E-state index contributed by atoms with van der Waals surface area (Å²) in [6.45, 7) is 2.31. The van der Waals surface area contributed by atoms with E-state index in [0.717, 1.165) is 11.1 Å². The second kappa shape index (κ2) is 9.78. The number of nitrogens with zero attached hydrogens (tertiary/aromatic N) is 1. The summed E-state index contributed by atoms with van der Waals surface area (Å²) in [5, 5.41) is 2.70. The maximum atomic E-state index is 12.5. The van der Waals surface area contributed by atoms with Crippen molar-refractivity contribution >= 4 is 23.3 Å². The first kappa shape index (κ1) is 19.7. The van der Waals surface area contributed by atoms with E-state index in [1.54, 1.807) is 12.1 Å². The van der Waals surface area contributed by atoms with Gasteiger partial charge in [0.1, 0.15) is 5.76 Å². The first-order valence-corrected chi connectivity index (χ1v) is 8.31. The van der Waals surface area contributed by atoms with E-state index in [9.17, 15) is 9.59 Å². The van der Waals surface area contributed by atoms with E-state index in [1.165, 1.54) is 19.4 Å². The van der Waals surface area contributed by atoms with Crippen molar-refractivity contribution in [3.63, 3.8) is 0 Å². The maximum absolute atomic E-state index is 12.5. The molecule has 27 heavy (non-hydrogen) atoms. The van der Waals surface area contributed by atoms with Crippen molar-refractivity contribution in [3.05, 3.63) is 65.5 Å². The number of terminal acetylenes is 1. The number of ether oxygens (including phenoxy) is 2. The molecule has 0 aliphatic carbocycles. The highest BCUT2D eigenvalue weighted by Crippen LogP contribution is 2.22. The third-order valence-corrected chi connectivity index (χ3v) is 3.61. The predicted octanol–water partition coefficient (Wildman–Crippen LogP) is 3.06. The number of carbonyl (C=O) groups is 2. The molecule has 0 saturated carbocycles. The molecular formula is C21H20N2O4. The summed E-state index contributed by atoms with van der Waals surface area (Å²) in [5.74, 6) is 2.05. The number of allylic oxidation sites excluding steroid dienone is 1. The molecule has 0 aliphatic heterocycles. The van der Waals surface area contributed by atoms with Crippen LogP contribution in [0.25, 0.3) is 5.76 Å². The van der Waals surface area contributed by atoms with Gasteiger partial charge in [0.25, 0.3) is 0 Å². The van der Waals surface area contributed by atoms with E-state index in [1.807, 2.05) is 31.2 Å². The van der Waals surface area contributed by atoms with Crippen LogP contribution in [0.2, 0.25) is 0 Å². The summed E-state index contributed by atoms with van der Waals surface area (Å²) in [6, 6.07) is 10.5. The molecule has 6 nitrogen and oxygen atoms in total. The average Bonchev–Trinajstić information content (AvgIpc) is 2.68. The normalized spacial score (nSPS) is 10.6. The summed E-state index contributed by atoms with van der Waals surface area (Å²) >= 11 is 0. The summed E-state index contributed by atoms with van der Waals surface area (Å²) in [4.78, 5) is 28.3. The molecule has 1 aromatic heterocycles. The lowest BCUT2D eigenvalue weighted by molar-refractivity contribution is -0.115. The molecule has 0 aliphatic rings. The van der Waals surface area contributed by atoms with Gasteiger partial charge in [-0.25, -0.2) is 9.78 Å². The number of esters is 1. The molecule has 1 N–H and O–H groups in total. The fraction of sp³-hybridized carbons (Fsp3) is 0.190. The van der Waals surface area contributed by atoms with Gasteiger partial charge in [0.15, 0.2) is 5.69 Å². The lowest BCUT2D eigenvalue weighted by Crippen LogP contribution is -2.18. The smallest absolute Gasteiger partial charge is 0.358 e. The van der Waals surface area contributed by atoms with Gasteiger partial charge in [-0.2, -0.15) is 0 Å². The monoisotopic (exact) mass is 364 g/mol. The number of rotatable bonds is 7. The Morgan fingerprint density at radius 3 is 2.74 bits per heavy atom. The van der Waals surface area contributed by atoms with Crippen LogP contribution < -0.4 is 5.32 Å². The van der Waals surface area contributed by atoms with Gasteiger partial charge in [0, 0.05) is 17.8 Å². The topological polar surface area (TPSA) is 77.5 Å². The maximum Gasteiger partial charge on any atom is 0.358 e. The largest absolute Gasteiger partial charge is 0.493 e. The van der Waals surface area contributed by atoms with E-state index in [0.29, 0.717) is 12.4 Å². The van der Waals surface area contributed by atoms with Gasteiger partial charge in [-0.05, 0) is 24.6 Å². The number of amides is 1. The zero-order chi connectivity index (χ0) is 19.6. The van der Waals surface area contributed by atoms with Crippen molar-refractivity contribution in [1.29, 1.82) is 0 Å². The number of hydrogen-bond acceptors (Lipinski definition) is 5. The average molecular weight is 364 g/mol. The molecule has 2 rings (SSSR count). The number of anilines is 1. The molecule has 1 aromatic carbocycles. The number of aromatic nitrogens is 1. The van der Waals surface area contributed by atoms with Gasteiger partial charge in [0.2, 0.25) is 5.91 Å². The number of hydrogen-bond donors (Lipinski definition) is 1. The van der Waals surface area contributed by atoms with Crippen LogP contribution in [0.1, 0.15) is 28.5 Å². The van der Waals surface area contributed by atoms with E-state index < -0.39 is 5.97 Å². The van der Waals surface area contributed by atoms with Gasteiger partial charge in [-0.3, -0.25) is 4.79 Å². The Morgan fingerprint density at radius 1 is 1.26 bits per heavy atom. The highest BCUT2D eigenvalue weighted by molar-refractivity contribution is 6.00. The Bertz CT molecular complexity index is 897.